The summed E-state index contributed by atoms with van der Waals surface area (Å²) in [6.45, 7) is 0. The number of anilines is 2. The van der Waals surface area contributed by atoms with Gasteiger partial charge in [-0.2, -0.15) is 0 Å². The Morgan fingerprint density at radius 2 is 1.59 bits per heavy atom. The van der Waals surface area contributed by atoms with E-state index in [4.69, 9.17) is 21.7 Å². The smallest absolute Gasteiger partial charge is 0.269 e. The van der Waals surface area contributed by atoms with Crippen LogP contribution in [0.3, 0.4) is 0 Å². The molecule has 1 atom stereocenters. The van der Waals surface area contributed by atoms with Crippen LogP contribution in [0.25, 0.3) is 0 Å². The number of hydrogen-bond donors (Lipinski definition) is 2. The Morgan fingerprint density at radius 3 is 2.19 bits per heavy atom. The third-order valence-electron chi connectivity index (χ3n) is 5.61. The van der Waals surface area contributed by atoms with Crippen LogP contribution in [0.4, 0.5) is 15.8 Å². The van der Waals surface area contributed by atoms with Gasteiger partial charge in [-0.05, 0) is 78.9 Å². The lowest BCUT2D eigenvalue weighted by molar-refractivity contribution is -0.124. The van der Waals surface area contributed by atoms with Gasteiger partial charge in [0, 0.05) is 11.3 Å². The quantitative estimate of drug-likeness (QED) is 0.437. The van der Waals surface area contributed by atoms with Gasteiger partial charge < -0.3 is 14.8 Å². The van der Waals surface area contributed by atoms with E-state index >= 15 is 0 Å². The van der Waals surface area contributed by atoms with Crippen molar-refractivity contribution in [2.24, 2.45) is 0 Å². The second-order valence-electron chi connectivity index (χ2n) is 7.97. The number of hydrogen-bond acceptors (Lipinski definition) is 6. The summed E-state index contributed by atoms with van der Waals surface area (Å²) in [4.78, 5) is 40.5. The molecule has 1 aliphatic heterocycles. The third kappa shape index (κ3) is 5.67. The van der Waals surface area contributed by atoms with E-state index in [0.29, 0.717) is 22.9 Å². The highest BCUT2D eigenvalue weighted by Crippen LogP contribution is 2.28. The topological polar surface area (TPSA) is 100 Å². The Bertz CT molecular complexity index is 1330. The number of benzene rings is 3. The van der Waals surface area contributed by atoms with Crippen molar-refractivity contribution < 1.29 is 28.2 Å². The zero-order chi connectivity index (χ0) is 26.5. The molecule has 190 valence electrons. The van der Waals surface area contributed by atoms with Gasteiger partial charge in [-0.3, -0.25) is 24.7 Å². The molecule has 0 radical (unpaired) electrons. The summed E-state index contributed by atoms with van der Waals surface area (Å²) in [7, 11) is 3.05. The van der Waals surface area contributed by atoms with Crippen LogP contribution >= 0.6 is 12.2 Å². The van der Waals surface area contributed by atoms with Gasteiger partial charge in [0.15, 0.2) is 0 Å². The number of thiocarbonyl (C=S) groups is 1. The van der Waals surface area contributed by atoms with E-state index < -0.39 is 29.6 Å². The minimum atomic E-state index is -1.15. The third-order valence-corrected chi connectivity index (χ3v) is 5.99. The number of methoxy groups -OCH3 is 2. The fourth-order valence-corrected chi connectivity index (χ4v) is 4.10. The maximum absolute atomic E-state index is 13.7. The van der Waals surface area contributed by atoms with Crippen molar-refractivity contribution in [3.05, 3.63) is 84.2 Å². The molecule has 1 fully saturated rings. The van der Waals surface area contributed by atoms with Gasteiger partial charge in [-0.25, -0.2) is 9.40 Å². The van der Waals surface area contributed by atoms with Gasteiger partial charge in [0.25, 0.3) is 11.8 Å². The van der Waals surface area contributed by atoms with E-state index in [0.717, 1.165) is 11.1 Å². The van der Waals surface area contributed by atoms with E-state index in [1.165, 1.54) is 37.3 Å². The van der Waals surface area contributed by atoms with Crippen LogP contribution in [-0.2, 0) is 9.59 Å². The van der Waals surface area contributed by atoms with Crippen molar-refractivity contribution in [1.82, 2.24) is 10.4 Å². The van der Waals surface area contributed by atoms with Gasteiger partial charge in [-0.1, -0.05) is 6.07 Å². The van der Waals surface area contributed by atoms with Gasteiger partial charge in [-0.15, -0.1) is 0 Å². The Morgan fingerprint density at radius 1 is 0.973 bits per heavy atom. The highest BCUT2D eigenvalue weighted by atomic mass is 32.1. The van der Waals surface area contributed by atoms with Crippen LogP contribution in [0.15, 0.2) is 72.8 Å². The summed E-state index contributed by atoms with van der Waals surface area (Å²) in [5, 5.41) is 3.84. The predicted octanol–water partition coefficient (Wildman–Crippen LogP) is 3.52. The van der Waals surface area contributed by atoms with Gasteiger partial charge >= 0.3 is 0 Å². The largest absolute Gasteiger partial charge is 0.497 e. The predicted molar refractivity (Wildman–Crippen MR) is 139 cm³/mol. The first kappa shape index (κ1) is 25.6. The molecule has 0 aliphatic carbocycles. The summed E-state index contributed by atoms with van der Waals surface area (Å²) in [5.41, 5.74) is 3.52. The first-order valence-corrected chi connectivity index (χ1v) is 11.5. The van der Waals surface area contributed by atoms with Crippen LogP contribution in [-0.4, -0.2) is 48.1 Å². The van der Waals surface area contributed by atoms with Crippen LogP contribution < -0.4 is 25.1 Å². The molecule has 37 heavy (non-hydrogen) atoms. The van der Waals surface area contributed by atoms with Gasteiger partial charge in [0.05, 0.1) is 26.3 Å². The van der Waals surface area contributed by atoms with E-state index in [1.807, 2.05) is 0 Å². The number of rotatable bonds is 8. The molecule has 2 N–H and O–H groups in total. The SMILES string of the molecule is COc1ccc(NC(=O)C[C@H]2C(=O)N(c3ccc(OC)cc3)C(=S)N2NC(=O)c2cccc(F)c2)cc1. The molecule has 0 unspecified atom stereocenters. The summed E-state index contributed by atoms with van der Waals surface area (Å²) in [6.07, 6.45) is -0.318. The van der Waals surface area contributed by atoms with Crippen molar-refractivity contribution in [1.29, 1.82) is 0 Å². The van der Waals surface area contributed by atoms with Gasteiger partial charge in [0.1, 0.15) is 23.4 Å². The van der Waals surface area contributed by atoms with E-state index in [9.17, 15) is 18.8 Å². The van der Waals surface area contributed by atoms with E-state index in [1.54, 1.807) is 48.5 Å². The molecule has 9 nitrogen and oxygen atoms in total. The summed E-state index contributed by atoms with van der Waals surface area (Å²) >= 11 is 5.53. The minimum absolute atomic E-state index is 0.0274. The van der Waals surface area contributed by atoms with Gasteiger partial charge in [0.2, 0.25) is 11.0 Å². The number of nitrogens with one attached hydrogen (secondary N) is 2. The summed E-state index contributed by atoms with van der Waals surface area (Å²) < 4.78 is 24.0. The average molecular weight is 523 g/mol. The maximum Gasteiger partial charge on any atom is 0.269 e. The number of ether oxygens (including phenoxy) is 2. The number of halogens is 1. The lowest BCUT2D eigenvalue weighted by Crippen LogP contribution is -2.49. The van der Waals surface area contributed by atoms with Crippen LogP contribution in [0, 0.1) is 5.82 Å². The fraction of sp³-hybridized carbons (Fsp3) is 0.154. The van der Waals surface area contributed by atoms with E-state index in [2.05, 4.69) is 10.7 Å². The van der Waals surface area contributed by atoms with E-state index in [-0.39, 0.29) is 17.1 Å². The second kappa shape index (κ2) is 11.0. The molecule has 3 aromatic rings. The number of amides is 3. The number of nitrogens with zero attached hydrogens (tertiary/aromatic N) is 2. The Balaban J connectivity index is 1.59. The molecule has 1 saturated heterocycles. The molecule has 3 aromatic carbocycles. The molecule has 0 spiro atoms. The van der Waals surface area contributed by atoms with Crippen molar-refractivity contribution in [3.8, 4) is 11.5 Å². The molecule has 0 bridgehead atoms. The van der Waals surface area contributed by atoms with Crippen LogP contribution in [0.2, 0.25) is 0 Å². The molecule has 11 heteroatoms. The highest BCUT2D eigenvalue weighted by molar-refractivity contribution is 7.80. The molecular weight excluding hydrogens is 499 g/mol. The highest BCUT2D eigenvalue weighted by Gasteiger charge is 2.45. The lowest BCUT2D eigenvalue weighted by atomic mass is 10.1. The monoisotopic (exact) mass is 522 g/mol. The number of carbonyl (C=O) groups is 3. The zero-order valence-electron chi connectivity index (χ0n) is 19.9. The van der Waals surface area contributed by atoms with Crippen molar-refractivity contribution in [2.75, 3.05) is 24.4 Å². The maximum atomic E-state index is 13.7. The Hall–Kier alpha value is -4.51. The first-order valence-electron chi connectivity index (χ1n) is 11.1. The summed E-state index contributed by atoms with van der Waals surface area (Å²) in [5.74, 6) is -1.08. The number of carbonyl (C=O) groups excluding carboxylic acids is 3. The standard InChI is InChI=1S/C26H23FN4O5S/c1-35-20-10-6-18(7-11-20)28-23(32)15-22-25(34)30(19-8-12-21(36-2)13-9-19)26(37)31(22)29-24(33)16-4-3-5-17(27)14-16/h3-14,22H,15H2,1-2H3,(H,28,32)(H,29,33)/t22-/m0/s1. The van der Waals surface area contributed by atoms with Crippen molar-refractivity contribution in [3.63, 3.8) is 0 Å². The summed E-state index contributed by atoms with van der Waals surface area (Å²) in [6, 6.07) is 17.2. The molecule has 0 saturated carbocycles. The Labute approximate surface area is 217 Å². The Kier molecular flexibility index (Phi) is 7.63. The molecule has 4 rings (SSSR count). The zero-order valence-corrected chi connectivity index (χ0v) is 20.8. The molecule has 1 aliphatic rings. The first-order chi connectivity index (χ1) is 17.8. The molecular formula is C26H23FN4O5S. The molecule has 1 heterocycles. The minimum Gasteiger partial charge on any atom is -0.497 e. The number of hydrazine groups is 1. The second-order valence-corrected chi connectivity index (χ2v) is 8.34. The fourth-order valence-electron chi connectivity index (χ4n) is 3.73. The van der Waals surface area contributed by atoms with Crippen LogP contribution in [0.1, 0.15) is 16.8 Å². The molecule has 0 aromatic heterocycles. The molecule has 3 amide bonds. The van der Waals surface area contributed by atoms with Crippen molar-refractivity contribution in [2.45, 2.75) is 12.5 Å². The average Bonchev–Trinajstić information content (AvgIpc) is 3.12. The lowest BCUT2D eigenvalue weighted by Gasteiger charge is -2.24. The van der Waals surface area contributed by atoms with Crippen LogP contribution in [0.5, 0.6) is 11.5 Å². The van der Waals surface area contributed by atoms with Crippen molar-refractivity contribution >= 4 is 46.4 Å². The normalized spacial score (nSPS) is 14.9.